The number of halogens is 1. The van der Waals surface area contributed by atoms with Crippen LogP contribution in [0.25, 0.3) is 0 Å². The molecule has 0 unspecified atom stereocenters. The number of rotatable bonds is 5. The van der Waals surface area contributed by atoms with E-state index >= 15 is 0 Å². The third kappa shape index (κ3) is 4.05. The second-order valence-corrected chi connectivity index (χ2v) is 4.26. The van der Waals surface area contributed by atoms with Gasteiger partial charge >= 0.3 is 0 Å². The molecule has 5 heteroatoms. The van der Waals surface area contributed by atoms with E-state index in [1.807, 2.05) is 0 Å². The summed E-state index contributed by atoms with van der Waals surface area (Å²) in [6.07, 6.45) is 2.43. The Bertz CT molecular complexity index is 567. The number of hydrogen-bond donors (Lipinski definition) is 1. The fraction of sp³-hybridized carbons (Fsp3) is 0.200. The van der Waals surface area contributed by atoms with Crippen LogP contribution in [0.4, 0.5) is 10.1 Å². The van der Waals surface area contributed by atoms with Gasteiger partial charge in [0, 0.05) is 12.5 Å². The summed E-state index contributed by atoms with van der Waals surface area (Å²) in [5.41, 5.74) is 1.55. The van der Waals surface area contributed by atoms with E-state index < -0.39 is 0 Å². The molecule has 0 aliphatic carbocycles. The number of carbonyl (C=O) groups is 1. The third-order valence-corrected chi connectivity index (χ3v) is 2.78. The summed E-state index contributed by atoms with van der Waals surface area (Å²) in [7, 11) is 1.53. The number of anilines is 1. The van der Waals surface area contributed by atoms with Crippen molar-refractivity contribution in [3.05, 3.63) is 54.0 Å². The lowest BCUT2D eigenvalue weighted by Gasteiger charge is -2.06. The number of pyridine rings is 1. The molecule has 0 aliphatic heterocycles. The van der Waals surface area contributed by atoms with Gasteiger partial charge < -0.3 is 10.1 Å². The van der Waals surface area contributed by atoms with Gasteiger partial charge in [-0.2, -0.15) is 0 Å². The summed E-state index contributed by atoms with van der Waals surface area (Å²) >= 11 is 0. The first kappa shape index (κ1) is 14.0. The molecule has 0 spiro atoms. The zero-order valence-electron chi connectivity index (χ0n) is 11.1. The number of methoxy groups -OCH3 is 1. The summed E-state index contributed by atoms with van der Waals surface area (Å²) < 4.78 is 17.7. The third-order valence-electron chi connectivity index (χ3n) is 2.78. The van der Waals surface area contributed by atoms with E-state index in [2.05, 4.69) is 10.3 Å². The zero-order valence-corrected chi connectivity index (χ0v) is 11.1. The molecule has 0 saturated heterocycles. The predicted octanol–water partition coefficient (Wildman–Crippen LogP) is 2.80. The molecule has 0 bridgehead atoms. The van der Waals surface area contributed by atoms with Gasteiger partial charge in [-0.05, 0) is 30.2 Å². The molecule has 1 aromatic carbocycles. The molecule has 0 saturated carbocycles. The van der Waals surface area contributed by atoms with Gasteiger partial charge in [0.2, 0.25) is 11.8 Å². The Morgan fingerprint density at radius 2 is 2.00 bits per heavy atom. The standard InChI is InChI=1S/C15H15FN2O2/c1-20-15-9-7-13(10-17-15)18-14(19)8-4-11-2-5-12(16)6-3-11/h2-3,5-7,9-10H,4,8H2,1H3,(H,18,19). The Morgan fingerprint density at radius 1 is 1.25 bits per heavy atom. The summed E-state index contributed by atoms with van der Waals surface area (Å²) in [5, 5.41) is 2.74. The maximum absolute atomic E-state index is 12.7. The highest BCUT2D eigenvalue weighted by Crippen LogP contribution is 2.12. The molecule has 0 fully saturated rings. The minimum atomic E-state index is -0.275. The highest BCUT2D eigenvalue weighted by molar-refractivity contribution is 5.90. The SMILES string of the molecule is COc1ccc(NC(=O)CCc2ccc(F)cc2)cn1. The van der Waals surface area contributed by atoms with Crippen LogP contribution in [-0.2, 0) is 11.2 Å². The van der Waals surface area contributed by atoms with Crippen molar-refractivity contribution in [1.82, 2.24) is 4.98 Å². The fourth-order valence-electron chi connectivity index (χ4n) is 1.71. The zero-order chi connectivity index (χ0) is 14.4. The highest BCUT2D eigenvalue weighted by atomic mass is 19.1. The van der Waals surface area contributed by atoms with Crippen LogP contribution in [0.2, 0.25) is 0 Å². The first-order valence-electron chi connectivity index (χ1n) is 6.22. The van der Waals surface area contributed by atoms with Crippen molar-refractivity contribution in [2.75, 3.05) is 12.4 Å². The summed E-state index contributed by atoms with van der Waals surface area (Å²) in [6.45, 7) is 0. The summed E-state index contributed by atoms with van der Waals surface area (Å²) in [5.74, 6) is 0.109. The Kier molecular flexibility index (Phi) is 4.65. The number of nitrogens with one attached hydrogen (secondary N) is 1. The van der Waals surface area contributed by atoms with Gasteiger partial charge in [0.25, 0.3) is 0 Å². The Labute approximate surface area is 116 Å². The van der Waals surface area contributed by atoms with Crippen LogP contribution in [-0.4, -0.2) is 18.0 Å². The fourth-order valence-corrected chi connectivity index (χ4v) is 1.71. The average Bonchev–Trinajstić information content (AvgIpc) is 2.47. The molecule has 104 valence electrons. The van der Waals surface area contributed by atoms with Crippen LogP contribution < -0.4 is 10.1 Å². The van der Waals surface area contributed by atoms with Crippen molar-refractivity contribution >= 4 is 11.6 Å². The second-order valence-electron chi connectivity index (χ2n) is 4.26. The molecular formula is C15H15FN2O2. The highest BCUT2D eigenvalue weighted by Gasteiger charge is 2.04. The van der Waals surface area contributed by atoms with Gasteiger partial charge in [-0.3, -0.25) is 4.79 Å². The molecular weight excluding hydrogens is 259 g/mol. The first-order chi connectivity index (χ1) is 9.67. The normalized spacial score (nSPS) is 10.1. The summed E-state index contributed by atoms with van der Waals surface area (Å²) in [4.78, 5) is 15.8. The number of nitrogens with zero attached hydrogens (tertiary/aromatic N) is 1. The number of carbonyl (C=O) groups excluding carboxylic acids is 1. The first-order valence-corrected chi connectivity index (χ1v) is 6.22. The largest absolute Gasteiger partial charge is 0.481 e. The lowest BCUT2D eigenvalue weighted by molar-refractivity contribution is -0.116. The Balaban J connectivity index is 1.84. The molecule has 0 aliphatic rings. The number of benzene rings is 1. The quantitative estimate of drug-likeness (QED) is 0.912. The van der Waals surface area contributed by atoms with E-state index in [-0.39, 0.29) is 11.7 Å². The number of aryl methyl sites for hydroxylation is 1. The summed E-state index contributed by atoms with van der Waals surface area (Å²) in [6, 6.07) is 9.54. The number of amides is 1. The second kappa shape index (κ2) is 6.65. The van der Waals surface area contributed by atoms with Crippen molar-refractivity contribution in [2.24, 2.45) is 0 Å². The van der Waals surface area contributed by atoms with Crippen LogP contribution in [0.3, 0.4) is 0 Å². The molecule has 1 N–H and O–H groups in total. The predicted molar refractivity (Wildman–Crippen MR) is 74.1 cm³/mol. The van der Waals surface area contributed by atoms with Crippen LogP contribution in [0, 0.1) is 5.82 Å². The molecule has 20 heavy (non-hydrogen) atoms. The smallest absolute Gasteiger partial charge is 0.224 e. The van der Waals surface area contributed by atoms with Crippen molar-refractivity contribution in [1.29, 1.82) is 0 Å². The van der Waals surface area contributed by atoms with Crippen LogP contribution >= 0.6 is 0 Å². The van der Waals surface area contributed by atoms with E-state index in [1.165, 1.54) is 25.4 Å². The van der Waals surface area contributed by atoms with Crippen molar-refractivity contribution in [2.45, 2.75) is 12.8 Å². The molecule has 1 heterocycles. The Morgan fingerprint density at radius 3 is 2.60 bits per heavy atom. The topological polar surface area (TPSA) is 51.2 Å². The average molecular weight is 274 g/mol. The number of ether oxygens (including phenoxy) is 1. The van der Waals surface area contributed by atoms with Gasteiger partial charge in [0.15, 0.2) is 0 Å². The van der Waals surface area contributed by atoms with E-state index in [4.69, 9.17) is 4.74 Å². The van der Waals surface area contributed by atoms with Gasteiger partial charge in [0.1, 0.15) is 5.82 Å². The molecule has 1 amide bonds. The Hall–Kier alpha value is -2.43. The van der Waals surface area contributed by atoms with E-state index in [1.54, 1.807) is 24.3 Å². The molecule has 2 aromatic rings. The molecule has 4 nitrogen and oxygen atoms in total. The van der Waals surface area contributed by atoms with Crippen molar-refractivity contribution in [3.8, 4) is 5.88 Å². The van der Waals surface area contributed by atoms with Gasteiger partial charge in [-0.1, -0.05) is 12.1 Å². The maximum atomic E-state index is 12.7. The molecule has 1 aromatic heterocycles. The molecule has 0 atom stereocenters. The molecule has 2 rings (SSSR count). The monoisotopic (exact) mass is 274 g/mol. The van der Waals surface area contributed by atoms with Crippen molar-refractivity contribution < 1.29 is 13.9 Å². The van der Waals surface area contributed by atoms with E-state index in [9.17, 15) is 9.18 Å². The lowest BCUT2D eigenvalue weighted by Crippen LogP contribution is -2.12. The number of aromatic nitrogens is 1. The molecule has 0 radical (unpaired) electrons. The van der Waals surface area contributed by atoms with E-state index in [0.717, 1.165) is 5.56 Å². The van der Waals surface area contributed by atoms with E-state index in [0.29, 0.717) is 24.4 Å². The van der Waals surface area contributed by atoms with Crippen LogP contribution in [0.1, 0.15) is 12.0 Å². The minimum Gasteiger partial charge on any atom is -0.481 e. The number of hydrogen-bond acceptors (Lipinski definition) is 3. The van der Waals surface area contributed by atoms with Crippen molar-refractivity contribution in [3.63, 3.8) is 0 Å². The maximum Gasteiger partial charge on any atom is 0.224 e. The minimum absolute atomic E-state index is 0.110. The lowest BCUT2D eigenvalue weighted by atomic mass is 10.1. The van der Waals surface area contributed by atoms with Gasteiger partial charge in [-0.15, -0.1) is 0 Å². The van der Waals surface area contributed by atoms with Crippen LogP contribution in [0.15, 0.2) is 42.6 Å². The van der Waals surface area contributed by atoms with Gasteiger partial charge in [0.05, 0.1) is 19.0 Å². The van der Waals surface area contributed by atoms with Gasteiger partial charge in [-0.25, -0.2) is 9.37 Å². The van der Waals surface area contributed by atoms with Crippen LogP contribution in [0.5, 0.6) is 5.88 Å².